The molecular weight excluding hydrogens is 343 g/mol. The quantitative estimate of drug-likeness (QED) is 0.797. The van der Waals surface area contributed by atoms with Gasteiger partial charge in [0.05, 0.1) is 6.04 Å². The Morgan fingerprint density at radius 2 is 1.62 bits per heavy atom. The van der Waals surface area contributed by atoms with Crippen LogP contribution in [0.1, 0.15) is 30.5 Å². The molecule has 0 saturated carbocycles. The molecule has 0 aliphatic heterocycles. The zero-order chi connectivity index (χ0) is 15.4. The average molecular weight is 358 g/mol. The van der Waals surface area contributed by atoms with Crippen LogP contribution in [0, 0.1) is 17.5 Å². The lowest BCUT2D eigenvalue weighted by Gasteiger charge is -2.21. The molecule has 0 radical (unpaired) electrons. The zero-order valence-corrected chi connectivity index (χ0v) is 13.1. The van der Waals surface area contributed by atoms with Gasteiger partial charge in [-0.1, -0.05) is 35.0 Å². The van der Waals surface area contributed by atoms with Gasteiger partial charge in [0.1, 0.15) is 17.5 Å². The van der Waals surface area contributed by atoms with Crippen LogP contribution >= 0.6 is 15.9 Å². The monoisotopic (exact) mass is 357 g/mol. The Kier molecular flexibility index (Phi) is 5.42. The van der Waals surface area contributed by atoms with E-state index in [2.05, 4.69) is 21.2 Å². The molecular formula is C16H15BrF3N. The normalized spacial score (nSPS) is 12.4. The highest BCUT2D eigenvalue weighted by molar-refractivity contribution is 9.10. The third-order valence-electron chi connectivity index (χ3n) is 3.15. The Balaban J connectivity index is 2.46. The number of rotatable bonds is 5. The van der Waals surface area contributed by atoms with Crippen LogP contribution in [0.4, 0.5) is 13.2 Å². The molecule has 0 aromatic heterocycles. The second-order valence-electron chi connectivity index (χ2n) is 4.72. The number of hydrogen-bond donors (Lipinski definition) is 1. The minimum atomic E-state index is -0.689. The molecule has 0 saturated heterocycles. The topological polar surface area (TPSA) is 12.0 Å². The van der Waals surface area contributed by atoms with Crippen LogP contribution in [0.5, 0.6) is 0 Å². The van der Waals surface area contributed by atoms with Gasteiger partial charge in [0.15, 0.2) is 0 Å². The highest BCUT2D eigenvalue weighted by Gasteiger charge is 2.21. The summed E-state index contributed by atoms with van der Waals surface area (Å²) < 4.78 is 41.8. The summed E-state index contributed by atoms with van der Waals surface area (Å²) in [6, 6.07) is 7.30. The van der Waals surface area contributed by atoms with Crippen LogP contribution in [0.2, 0.25) is 0 Å². The second kappa shape index (κ2) is 7.09. The Bertz CT molecular complexity index is 579. The van der Waals surface area contributed by atoms with Crippen molar-refractivity contribution in [3.63, 3.8) is 0 Å². The fraction of sp³-hybridized carbons (Fsp3) is 0.250. The summed E-state index contributed by atoms with van der Waals surface area (Å²) in [5.74, 6) is -1.78. The van der Waals surface area contributed by atoms with Crippen molar-refractivity contribution in [2.45, 2.75) is 19.4 Å². The Morgan fingerprint density at radius 1 is 1.00 bits per heavy atom. The lowest BCUT2D eigenvalue weighted by molar-refractivity contribution is 0.513. The summed E-state index contributed by atoms with van der Waals surface area (Å²) in [6.07, 6.45) is 0.817. The van der Waals surface area contributed by atoms with Crippen molar-refractivity contribution < 1.29 is 13.2 Å². The molecule has 0 fully saturated rings. The molecule has 1 atom stereocenters. The van der Waals surface area contributed by atoms with E-state index in [1.165, 1.54) is 18.2 Å². The standard InChI is InChI=1S/C16H15BrF3N/c1-2-7-21-16(12-5-3-10(17)8-14(12)19)13-6-4-11(18)9-15(13)20/h3-6,8-9,16,21H,2,7H2,1H3. The molecule has 0 aliphatic carbocycles. The fourth-order valence-electron chi connectivity index (χ4n) is 2.15. The number of benzene rings is 2. The molecule has 0 amide bonds. The predicted molar refractivity (Wildman–Crippen MR) is 80.6 cm³/mol. The smallest absolute Gasteiger partial charge is 0.131 e. The molecule has 5 heteroatoms. The summed E-state index contributed by atoms with van der Waals surface area (Å²) in [7, 11) is 0. The van der Waals surface area contributed by atoms with Crippen molar-refractivity contribution in [2.24, 2.45) is 0 Å². The van der Waals surface area contributed by atoms with Crippen molar-refractivity contribution in [2.75, 3.05) is 6.54 Å². The number of hydrogen-bond acceptors (Lipinski definition) is 1. The molecule has 1 unspecified atom stereocenters. The van der Waals surface area contributed by atoms with E-state index >= 15 is 0 Å². The summed E-state index contributed by atoms with van der Waals surface area (Å²) in [6.45, 7) is 2.56. The van der Waals surface area contributed by atoms with Crippen molar-refractivity contribution in [3.8, 4) is 0 Å². The fourth-order valence-corrected chi connectivity index (χ4v) is 2.48. The maximum atomic E-state index is 14.2. The van der Waals surface area contributed by atoms with Gasteiger partial charge >= 0.3 is 0 Å². The summed E-state index contributed by atoms with van der Waals surface area (Å²) in [5.41, 5.74) is 0.559. The lowest BCUT2D eigenvalue weighted by atomic mass is 9.97. The van der Waals surface area contributed by atoms with Crippen molar-refractivity contribution in [3.05, 3.63) is 69.4 Å². The van der Waals surface area contributed by atoms with Gasteiger partial charge in [-0.2, -0.15) is 0 Å². The Hall–Kier alpha value is -1.33. The van der Waals surface area contributed by atoms with Crippen LogP contribution in [0.15, 0.2) is 40.9 Å². The van der Waals surface area contributed by atoms with Crippen molar-refractivity contribution in [1.82, 2.24) is 5.32 Å². The molecule has 0 spiro atoms. The van der Waals surface area contributed by atoms with Gasteiger partial charge in [-0.3, -0.25) is 0 Å². The molecule has 2 aromatic rings. The molecule has 21 heavy (non-hydrogen) atoms. The first kappa shape index (κ1) is 16.0. The molecule has 1 nitrogen and oxygen atoms in total. The summed E-state index contributed by atoms with van der Waals surface area (Å²) in [4.78, 5) is 0. The first-order valence-electron chi connectivity index (χ1n) is 6.66. The van der Waals surface area contributed by atoms with Gasteiger partial charge in [0.2, 0.25) is 0 Å². The largest absolute Gasteiger partial charge is 0.306 e. The molecule has 0 heterocycles. The van der Waals surface area contributed by atoms with E-state index in [0.29, 0.717) is 16.6 Å². The zero-order valence-electron chi connectivity index (χ0n) is 11.5. The van der Waals surface area contributed by atoms with E-state index < -0.39 is 23.5 Å². The average Bonchev–Trinajstić information content (AvgIpc) is 2.42. The number of halogens is 4. The van der Waals surface area contributed by atoms with Gasteiger partial charge in [-0.15, -0.1) is 0 Å². The SMILES string of the molecule is CCCNC(c1ccc(F)cc1F)c1ccc(Br)cc1F. The van der Waals surface area contributed by atoms with Gasteiger partial charge in [0.25, 0.3) is 0 Å². The third kappa shape index (κ3) is 3.86. The first-order chi connectivity index (χ1) is 10.0. The minimum Gasteiger partial charge on any atom is -0.306 e. The van der Waals surface area contributed by atoms with Crippen molar-refractivity contribution in [1.29, 1.82) is 0 Å². The first-order valence-corrected chi connectivity index (χ1v) is 7.45. The van der Waals surface area contributed by atoms with Crippen molar-refractivity contribution >= 4 is 15.9 Å². The second-order valence-corrected chi connectivity index (χ2v) is 5.63. The molecule has 112 valence electrons. The third-order valence-corrected chi connectivity index (χ3v) is 3.64. The molecule has 2 aromatic carbocycles. The maximum Gasteiger partial charge on any atom is 0.131 e. The van der Waals surface area contributed by atoms with E-state index in [0.717, 1.165) is 12.5 Å². The molecule has 1 N–H and O–H groups in total. The van der Waals surface area contributed by atoms with E-state index in [9.17, 15) is 13.2 Å². The Morgan fingerprint density at radius 3 is 2.19 bits per heavy atom. The summed E-state index contributed by atoms with van der Waals surface area (Å²) in [5, 5.41) is 3.10. The Labute approximate surface area is 130 Å². The maximum absolute atomic E-state index is 14.2. The molecule has 2 rings (SSSR count). The van der Waals surface area contributed by atoms with Crippen LogP contribution in [-0.2, 0) is 0 Å². The van der Waals surface area contributed by atoms with Gasteiger partial charge in [-0.25, -0.2) is 13.2 Å². The molecule has 0 aliphatic rings. The minimum absolute atomic E-state index is 0.228. The van der Waals surface area contributed by atoms with E-state index in [4.69, 9.17) is 0 Å². The van der Waals surface area contributed by atoms with E-state index in [1.807, 2.05) is 6.92 Å². The highest BCUT2D eigenvalue weighted by Crippen LogP contribution is 2.28. The van der Waals surface area contributed by atoms with Crippen LogP contribution < -0.4 is 5.32 Å². The van der Waals surface area contributed by atoms with Crippen LogP contribution in [0.25, 0.3) is 0 Å². The van der Waals surface area contributed by atoms with Gasteiger partial charge in [-0.05, 0) is 31.2 Å². The molecule has 0 bridgehead atoms. The highest BCUT2D eigenvalue weighted by atomic mass is 79.9. The van der Waals surface area contributed by atoms with E-state index in [-0.39, 0.29) is 5.56 Å². The van der Waals surface area contributed by atoms with Gasteiger partial charge in [0, 0.05) is 21.7 Å². The summed E-state index contributed by atoms with van der Waals surface area (Å²) >= 11 is 3.19. The lowest BCUT2D eigenvalue weighted by Crippen LogP contribution is -2.25. The predicted octanol–water partition coefficient (Wildman–Crippen LogP) is 4.96. The number of nitrogens with one attached hydrogen (secondary N) is 1. The van der Waals surface area contributed by atoms with Crippen LogP contribution in [-0.4, -0.2) is 6.54 Å². The van der Waals surface area contributed by atoms with Gasteiger partial charge < -0.3 is 5.32 Å². The van der Waals surface area contributed by atoms with E-state index in [1.54, 1.807) is 12.1 Å². The van der Waals surface area contributed by atoms with Crippen LogP contribution in [0.3, 0.4) is 0 Å².